The van der Waals surface area contributed by atoms with Gasteiger partial charge in [-0.3, -0.25) is 5.43 Å². The van der Waals surface area contributed by atoms with Crippen LogP contribution in [0.4, 0.5) is 4.79 Å². The van der Waals surface area contributed by atoms with Crippen molar-refractivity contribution in [3.05, 3.63) is 0 Å². The molecule has 4 nitrogen and oxygen atoms in total. The Hall–Kier alpha value is 0.310. The molecule has 0 saturated heterocycles. The molecule has 0 aliphatic carbocycles. The number of hydrogen-bond donors (Lipinski definition) is 3. The van der Waals surface area contributed by atoms with Crippen molar-refractivity contribution in [2.45, 2.75) is 0 Å². The molecular weight excluding hydrogens is 241 g/mol. The van der Waals surface area contributed by atoms with Gasteiger partial charge in [0, 0.05) is 0 Å². The molecule has 0 aliphatic rings. The maximum absolute atomic E-state index is 9.79. The third kappa shape index (κ3) is 9.58. The number of hydrogen-bond acceptors (Lipinski definition) is 3. The third-order valence-electron chi connectivity index (χ3n) is 0.276. The highest BCUT2D eigenvalue weighted by molar-refractivity contribution is 7.96. The van der Waals surface area contributed by atoms with E-state index in [-0.39, 0.29) is 24.0 Å². The molecule has 0 atom stereocenters. The van der Waals surface area contributed by atoms with Gasteiger partial charge in [0.15, 0.2) is 0 Å². The second kappa shape index (κ2) is 7.31. The topological polar surface area (TPSA) is 67.2 Å². The van der Waals surface area contributed by atoms with E-state index in [1.807, 2.05) is 0 Å². The standard InChI is InChI=1S/C2H7N3OS.HI/c1-7-5-4-2(3)6;/h5H,1H3,(H3,3,4,6);1H/p-1. The predicted molar refractivity (Wildman–Crippen MR) is 29.4 cm³/mol. The van der Waals surface area contributed by atoms with Crippen molar-refractivity contribution in [1.29, 1.82) is 0 Å². The first kappa shape index (κ1) is 11.2. The number of primary amides is 1. The van der Waals surface area contributed by atoms with Crippen molar-refractivity contribution in [2.75, 3.05) is 6.26 Å². The number of nitrogens with two attached hydrogens (primary N) is 1. The Morgan fingerprint density at radius 3 is 2.38 bits per heavy atom. The lowest BCUT2D eigenvalue weighted by Crippen LogP contribution is -3.00. The van der Waals surface area contributed by atoms with E-state index in [1.165, 1.54) is 11.9 Å². The number of amides is 2. The van der Waals surface area contributed by atoms with Crippen LogP contribution in [-0.4, -0.2) is 12.3 Å². The van der Waals surface area contributed by atoms with Gasteiger partial charge >= 0.3 is 6.03 Å². The predicted octanol–water partition coefficient (Wildman–Crippen LogP) is -3.56. The van der Waals surface area contributed by atoms with Crippen LogP contribution in [0.3, 0.4) is 0 Å². The van der Waals surface area contributed by atoms with E-state index in [2.05, 4.69) is 16.0 Å². The Labute approximate surface area is 69.1 Å². The number of halogens is 1. The molecule has 0 heterocycles. The van der Waals surface area contributed by atoms with Crippen LogP contribution in [-0.2, 0) is 0 Å². The lowest BCUT2D eigenvalue weighted by molar-refractivity contribution is -0.00000495. The Morgan fingerprint density at radius 1 is 1.75 bits per heavy atom. The lowest BCUT2D eigenvalue weighted by atomic mass is 11.2. The maximum Gasteiger partial charge on any atom is 0.327 e. The zero-order chi connectivity index (χ0) is 5.70. The van der Waals surface area contributed by atoms with Gasteiger partial charge in [0.05, 0.1) is 0 Å². The highest BCUT2D eigenvalue weighted by Gasteiger charge is 1.82. The van der Waals surface area contributed by atoms with E-state index in [1.54, 1.807) is 6.26 Å². The van der Waals surface area contributed by atoms with Gasteiger partial charge in [0.2, 0.25) is 0 Å². The number of urea groups is 1. The number of carbonyl (C=O) groups is 1. The monoisotopic (exact) mass is 248 g/mol. The molecule has 0 saturated carbocycles. The van der Waals surface area contributed by atoms with Gasteiger partial charge in [0.1, 0.15) is 0 Å². The quantitative estimate of drug-likeness (QED) is 0.269. The Bertz CT molecular complexity index is 70.3. The first-order valence-electron chi connectivity index (χ1n) is 1.61. The summed E-state index contributed by atoms with van der Waals surface area (Å²) in [5.41, 5.74) is 6.80. The van der Waals surface area contributed by atoms with Crippen molar-refractivity contribution in [1.82, 2.24) is 10.3 Å². The minimum absolute atomic E-state index is 0. The van der Waals surface area contributed by atoms with Gasteiger partial charge in [-0.1, -0.05) is 11.9 Å². The normalized spacial score (nSPS) is 7.12. The summed E-state index contributed by atoms with van der Waals surface area (Å²) in [6.45, 7) is 0. The van der Waals surface area contributed by atoms with Gasteiger partial charge in [0.25, 0.3) is 0 Å². The summed E-state index contributed by atoms with van der Waals surface area (Å²) < 4.78 is 0. The molecular formula is C2H7IN3OS-. The molecule has 4 N–H and O–H groups in total. The second-order valence-corrected chi connectivity index (χ2v) is 1.41. The van der Waals surface area contributed by atoms with Crippen molar-refractivity contribution < 1.29 is 28.8 Å². The zero-order valence-corrected chi connectivity index (χ0v) is 7.25. The number of nitrogens with one attached hydrogen (secondary N) is 2. The van der Waals surface area contributed by atoms with Crippen LogP contribution in [0.2, 0.25) is 0 Å². The smallest absolute Gasteiger partial charge is 0.327 e. The van der Waals surface area contributed by atoms with Gasteiger partial charge in [-0.15, -0.1) is 0 Å². The zero-order valence-electron chi connectivity index (χ0n) is 4.27. The highest BCUT2D eigenvalue weighted by Crippen LogP contribution is 1.72. The number of hydrazine groups is 1. The summed E-state index contributed by atoms with van der Waals surface area (Å²) in [6, 6.07) is -0.575. The fraction of sp³-hybridized carbons (Fsp3) is 0.500. The largest absolute Gasteiger partial charge is 1.00 e. The fourth-order valence-electron chi connectivity index (χ4n) is 0.101. The van der Waals surface area contributed by atoms with Crippen molar-refractivity contribution in [3.63, 3.8) is 0 Å². The molecule has 0 unspecified atom stereocenters. The van der Waals surface area contributed by atoms with Gasteiger partial charge < -0.3 is 29.7 Å². The van der Waals surface area contributed by atoms with E-state index in [9.17, 15) is 4.79 Å². The van der Waals surface area contributed by atoms with Crippen LogP contribution < -0.4 is 40.0 Å². The first-order valence-corrected chi connectivity index (χ1v) is 2.83. The highest BCUT2D eigenvalue weighted by atomic mass is 127. The molecule has 8 heavy (non-hydrogen) atoms. The molecule has 0 spiro atoms. The average molecular weight is 248 g/mol. The van der Waals surface area contributed by atoms with Crippen molar-refractivity contribution >= 4 is 18.0 Å². The van der Waals surface area contributed by atoms with Crippen LogP contribution in [0.15, 0.2) is 0 Å². The van der Waals surface area contributed by atoms with Crippen LogP contribution in [0.25, 0.3) is 0 Å². The van der Waals surface area contributed by atoms with Crippen molar-refractivity contribution in [2.24, 2.45) is 5.73 Å². The lowest BCUT2D eigenvalue weighted by Gasteiger charge is -1.95. The molecule has 0 fully saturated rings. The Kier molecular flexibility index (Phi) is 10.2. The molecule has 0 aromatic heterocycles. The molecule has 0 rings (SSSR count). The Balaban J connectivity index is 0. The van der Waals surface area contributed by atoms with Gasteiger partial charge in [-0.05, 0) is 6.26 Å². The molecule has 0 radical (unpaired) electrons. The molecule has 0 aliphatic heterocycles. The summed E-state index contributed by atoms with van der Waals surface area (Å²) >= 11 is 1.27. The summed E-state index contributed by atoms with van der Waals surface area (Å²) in [5.74, 6) is 0. The molecule has 6 heteroatoms. The second-order valence-electron chi connectivity index (χ2n) is 0.795. The molecule has 50 valence electrons. The molecule has 0 aromatic carbocycles. The molecule has 2 amide bonds. The van der Waals surface area contributed by atoms with Crippen LogP contribution in [0, 0.1) is 0 Å². The van der Waals surface area contributed by atoms with Gasteiger partial charge in [-0.2, -0.15) is 4.83 Å². The summed E-state index contributed by atoms with van der Waals surface area (Å²) in [6.07, 6.45) is 1.77. The average Bonchev–Trinajstić information content (AvgIpc) is 1.61. The van der Waals surface area contributed by atoms with E-state index in [0.717, 1.165) is 0 Å². The van der Waals surface area contributed by atoms with Crippen LogP contribution in [0.5, 0.6) is 0 Å². The van der Waals surface area contributed by atoms with Gasteiger partial charge in [-0.25, -0.2) is 4.79 Å². The van der Waals surface area contributed by atoms with Crippen LogP contribution in [0.1, 0.15) is 0 Å². The fourth-order valence-corrected chi connectivity index (χ4v) is 0.304. The Morgan fingerprint density at radius 2 is 2.25 bits per heavy atom. The summed E-state index contributed by atoms with van der Waals surface area (Å²) in [4.78, 5) is 12.2. The molecule has 0 aromatic rings. The number of rotatable bonds is 2. The summed E-state index contributed by atoms with van der Waals surface area (Å²) in [5, 5.41) is 0. The van der Waals surface area contributed by atoms with E-state index < -0.39 is 6.03 Å². The van der Waals surface area contributed by atoms with Crippen LogP contribution >= 0.6 is 11.9 Å². The van der Waals surface area contributed by atoms with E-state index in [4.69, 9.17) is 0 Å². The number of carbonyl (C=O) groups excluding carboxylic acids is 1. The third-order valence-corrected chi connectivity index (χ3v) is 0.582. The first-order chi connectivity index (χ1) is 3.27. The maximum atomic E-state index is 9.79. The molecule has 0 bridgehead atoms. The van der Waals surface area contributed by atoms with Crippen molar-refractivity contribution in [3.8, 4) is 0 Å². The van der Waals surface area contributed by atoms with E-state index >= 15 is 0 Å². The SMILES string of the molecule is CSNNC(N)=O.[I-]. The summed E-state index contributed by atoms with van der Waals surface area (Å²) in [7, 11) is 0. The minimum atomic E-state index is -0.575. The van der Waals surface area contributed by atoms with E-state index in [0.29, 0.717) is 0 Å². The minimum Gasteiger partial charge on any atom is -1.00 e.